The molecule has 1 saturated heterocycles. The summed E-state index contributed by atoms with van der Waals surface area (Å²) in [5.41, 5.74) is 1.58. The summed E-state index contributed by atoms with van der Waals surface area (Å²) in [6.45, 7) is 0. The molecule has 144 valence electrons. The van der Waals surface area contributed by atoms with E-state index in [1.807, 2.05) is 36.4 Å². The van der Waals surface area contributed by atoms with E-state index < -0.39 is 0 Å². The van der Waals surface area contributed by atoms with Gasteiger partial charge in [-0.05, 0) is 60.4 Å². The first-order valence-corrected chi connectivity index (χ1v) is 11.9. The number of nitrogens with one attached hydrogen (secondary N) is 1. The first-order valence-electron chi connectivity index (χ1n) is 10.3. The molecule has 0 spiro atoms. The van der Waals surface area contributed by atoms with Gasteiger partial charge in [-0.2, -0.15) is 0 Å². The van der Waals surface area contributed by atoms with E-state index in [0.717, 1.165) is 21.8 Å². The van der Waals surface area contributed by atoms with Crippen molar-refractivity contribution in [2.45, 2.75) is 24.2 Å². The van der Waals surface area contributed by atoms with Crippen LogP contribution < -0.4 is 5.32 Å². The molecule has 1 N–H and O–H groups in total. The van der Waals surface area contributed by atoms with Crippen molar-refractivity contribution in [1.29, 1.82) is 0 Å². The van der Waals surface area contributed by atoms with Crippen molar-refractivity contribution in [3.63, 3.8) is 0 Å². The summed E-state index contributed by atoms with van der Waals surface area (Å²) < 4.78 is 0. The smallest absolute Gasteiger partial charge is 0.255 e. The van der Waals surface area contributed by atoms with Gasteiger partial charge in [0, 0.05) is 32.9 Å². The summed E-state index contributed by atoms with van der Waals surface area (Å²) in [4.78, 5) is 14.4. The highest BCUT2D eigenvalue weighted by Gasteiger charge is 2.27. The zero-order chi connectivity index (χ0) is 19.6. The van der Waals surface area contributed by atoms with E-state index in [9.17, 15) is 4.79 Å². The third-order valence-electron chi connectivity index (χ3n) is 5.74. The molecule has 3 heteroatoms. The van der Waals surface area contributed by atoms with Crippen LogP contribution in [0.2, 0.25) is 0 Å². The maximum atomic E-state index is 13.0. The maximum absolute atomic E-state index is 13.0. The highest BCUT2D eigenvalue weighted by atomic mass is 32.2. The van der Waals surface area contributed by atoms with Gasteiger partial charge in [-0.15, -0.1) is 0 Å². The topological polar surface area (TPSA) is 29.1 Å². The molecule has 1 amide bonds. The van der Waals surface area contributed by atoms with Crippen LogP contribution in [-0.4, -0.2) is 17.4 Å². The van der Waals surface area contributed by atoms with E-state index in [4.69, 9.17) is 0 Å². The summed E-state index contributed by atoms with van der Waals surface area (Å²) in [6.07, 6.45) is 4.02. The molecule has 2 nitrogen and oxygen atoms in total. The van der Waals surface area contributed by atoms with E-state index in [0.29, 0.717) is 16.5 Å². The molecule has 1 aliphatic heterocycles. The highest BCUT2D eigenvalue weighted by molar-refractivity contribution is 7.97. The normalized spacial score (nSPS) is 14.9. The van der Waals surface area contributed by atoms with Gasteiger partial charge < -0.3 is 5.32 Å². The monoisotopic (exact) mass is 398 g/mol. The predicted octanol–water partition coefficient (Wildman–Crippen LogP) is 6.41. The molecule has 5 rings (SSSR count). The summed E-state index contributed by atoms with van der Waals surface area (Å²) in [5, 5.41) is 7.81. The third-order valence-corrected chi connectivity index (χ3v) is 8.28. The molecule has 1 heterocycles. The van der Waals surface area contributed by atoms with Crippen LogP contribution in [-0.2, 0) is 10.9 Å². The lowest BCUT2D eigenvalue weighted by molar-refractivity contribution is 0.102. The van der Waals surface area contributed by atoms with Gasteiger partial charge in [-0.25, -0.2) is 0 Å². The Balaban J connectivity index is 1.49. The van der Waals surface area contributed by atoms with Crippen LogP contribution in [0.4, 0.5) is 5.69 Å². The molecular formula is C26H24NOS+. The number of benzene rings is 4. The highest BCUT2D eigenvalue weighted by Crippen LogP contribution is 2.33. The first-order chi connectivity index (χ1) is 14.3. The second-order valence-corrected chi connectivity index (χ2v) is 9.88. The van der Waals surface area contributed by atoms with Gasteiger partial charge in [0.1, 0.15) is 11.5 Å². The van der Waals surface area contributed by atoms with Gasteiger partial charge >= 0.3 is 0 Å². The fourth-order valence-corrected chi connectivity index (χ4v) is 6.71. The van der Waals surface area contributed by atoms with Crippen molar-refractivity contribution in [2.75, 3.05) is 16.8 Å². The van der Waals surface area contributed by atoms with Gasteiger partial charge in [0.25, 0.3) is 5.91 Å². The average molecular weight is 399 g/mol. The molecular weight excluding hydrogens is 374 g/mol. The fraction of sp³-hybridized carbons (Fsp3) is 0.192. The predicted molar refractivity (Wildman–Crippen MR) is 125 cm³/mol. The van der Waals surface area contributed by atoms with Crippen molar-refractivity contribution >= 4 is 44.0 Å². The van der Waals surface area contributed by atoms with Crippen LogP contribution >= 0.6 is 0 Å². The Kier molecular flexibility index (Phi) is 4.99. The minimum atomic E-state index is -0.0613. The van der Waals surface area contributed by atoms with Crippen LogP contribution in [0, 0.1) is 0 Å². The Labute approximate surface area is 174 Å². The largest absolute Gasteiger partial charge is 0.321 e. The average Bonchev–Trinajstić information content (AvgIpc) is 2.79. The molecule has 4 aromatic carbocycles. The molecule has 29 heavy (non-hydrogen) atoms. The second-order valence-electron chi connectivity index (χ2n) is 7.63. The summed E-state index contributed by atoms with van der Waals surface area (Å²) in [7, 11) is 0.332. The molecule has 0 aromatic heterocycles. The van der Waals surface area contributed by atoms with Gasteiger partial charge in [0.15, 0.2) is 4.90 Å². The number of carbonyl (C=O) groups is 1. The van der Waals surface area contributed by atoms with Gasteiger partial charge in [0.2, 0.25) is 0 Å². The molecule has 0 atom stereocenters. The number of rotatable bonds is 3. The lowest BCUT2D eigenvalue weighted by atomic mass is 10.1. The van der Waals surface area contributed by atoms with Gasteiger partial charge in [0.05, 0.1) is 0 Å². The number of hydrogen-bond acceptors (Lipinski definition) is 1. The Morgan fingerprint density at radius 1 is 0.724 bits per heavy atom. The Hall–Kier alpha value is -2.78. The van der Waals surface area contributed by atoms with E-state index in [2.05, 4.69) is 47.8 Å². The lowest BCUT2D eigenvalue weighted by Crippen LogP contribution is -2.18. The Bertz CT molecular complexity index is 1190. The second kappa shape index (κ2) is 7.92. The molecule has 0 bridgehead atoms. The van der Waals surface area contributed by atoms with E-state index >= 15 is 0 Å². The van der Waals surface area contributed by atoms with Crippen LogP contribution in [0.5, 0.6) is 0 Å². The van der Waals surface area contributed by atoms with Crippen molar-refractivity contribution in [3.8, 4) is 0 Å². The molecule has 0 saturated carbocycles. The molecule has 0 aliphatic carbocycles. The fourth-order valence-electron chi connectivity index (χ4n) is 4.21. The van der Waals surface area contributed by atoms with Crippen molar-refractivity contribution in [3.05, 3.63) is 84.4 Å². The zero-order valence-corrected chi connectivity index (χ0v) is 17.2. The first kappa shape index (κ1) is 18.3. The molecule has 4 aromatic rings. The third kappa shape index (κ3) is 3.63. The maximum Gasteiger partial charge on any atom is 0.255 e. The molecule has 0 unspecified atom stereocenters. The molecule has 1 aliphatic rings. The van der Waals surface area contributed by atoms with Gasteiger partial charge in [-0.1, -0.05) is 48.5 Å². The van der Waals surface area contributed by atoms with Crippen molar-refractivity contribution in [2.24, 2.45) is 0 Å². The summed E-state index contributed by atoms with van der Waals surface area (Å²) in [5.74, 6) is 2.54. The number of carbonyl (C=O) groups excluding carboxylic acids is 1. The van der Waals surface area contributed by atoms with E-state index in [-0.39, 0.29) is 5.91 Å². The number of anilines is 1. The van der Waals surface area contributed by atoms with Gasteiger partial charge in [-0.3, -0.25) is 4.79 Å². The number of fused-ring (bicyclic) bond motifs is 2. The van der Waals surface area contributed by atoms with E-state index in [1.54, 1.807) is 0 Å². The summed E-state index contributed by atoms with van der Waals surface area (Å²) in [6, 6.07) is 26.8. The Morgan fingerprint density at radius 3 is 2.28 bits per heavy atom. The van der Waals surface area contributed by atoms with Crippen LogP contribution in [0.1, 0.15) is 29.6 Å². The van der Waals surface area contributed by atoms with Crippen molar-refractivity contribution < 1.29 is 4.79 Å². The number of hydrogen-bond donors (Lipinski definition) is 1. The van der Waals surface area contributed by atoms with Crippen LogP contribution in [0.15, 0.2) is 83.8 Å². The minimum absolute atomic E-state index is 0.0613. The molecule has 1 fully saturated rings. The van der Waals surface area contributed by atoms with Crippen molar-refractivity contribution in [1.82, 2.24) is 0 Å². The van der Waals surface area contributed by atoms with Crippen LogP contribution in [0.3, 0.4) is 0 Å². The molecule has 0 radical (unpaired) electrons. The summed E-state index contributed by atoms with van der Waals surface area (Å²) >= 11 is 0. The van der Waals surface area contributed by atoms with E-state index in [1.165, 1.54) is 41.0 Å². The number of amides is 1. The zero-order valence-electron chi connectivity index (χ0n) is 16.4. The standard InChI is InChI=1S/C26H23NOS/c28-26(21-13-12-19-8-2-3-9-20(19)18-21)27-24-14-15-25(29-16-6-1-7-17-29)23-11-5-4-10-22(23)24/h2-5,8-15,18H,1,6-7,16-17H2/p+1. The SMILES string of the molecule is O=C(Nc1ccc([S+]2CCCCC2)c2ccccc12)c1ccc2ccccc2c1. The minimum Gasteiger partial charge on any atom is -0.321 e. The van der Waals surface area contributed by atoms with Crippen LogP contribution in [0.25, 0.3) is 21.5 Å². The Morgan fingerprint density at radius 2 is 1.45 bits per heavy atom. The quantitative estimate of drug-likeness (QED) is 0.397. The lowest BCUT2D eigenvalue weighted by Gasteiger charge is -2.16.